The van der Waals surface area contributed by atoms with Crippen molar-refractivity contribution in [3.05, 3.63) is 35.4 Å². The molecule has 0 radical (unpaired) electrons. The molecule has 1 atom stereocenters. The molecular formula is C19H32N2. The smallest absolute Gasteiger partial charge is 0.0304 e. The van der Waals surface area contributed by atoms with Crippen LogP contribution < -0.4 is 5.32 Å². The lowest BCUT2D eigenvalue weighted by Gasteiger charge is -2.47. The van der Waals surface area contributed by atoms with Gasteiger partial charge in [-0.05, 0) is 36.8 Å². The van der Waals surface area contributed by atoms with Crippen molar-refractivity contribution in [1.82, 2.24) is 10.2 Å². The van der Waals surface area contributed by atoms with E-state index in [2.05, 4.69) is 62.2 Å². The summed E-state index contributed by atoms with van der Waals surface area (Å²) in [7, 11) is 0. The average Bonchev–Trinajstić information content (AvgIpc) is 2.55. The first-order valence-corrected chi connectivity index (χ1v) is 8.73. The van der Waals surface area contributed by atoms with Crippen LogP contribution in [0.25, 0.3) is 0 Å². The third-order valence-electron chi connectivity index (χ3n) is 5.43. The third-order valence-corrected chi connectivity index (χ3v) is 5.43. The normalized spacial score (nSPS) is 22.4. The molecule has 1 aromatic rings. The van der Waals surface area contributed by atoms with Crippen LogP contribution in [0.1, 0.15) is 58.1 Å². The van der Waals surface area contributed by atoms with Gasteiger partial charge in [-0.3, -0.25) is 4.90 Å². The standard InChI is InChI=1S/C19H32N2/c1-5-16-11-9-10-12-17(16)14-21-15-19(7-3,8-4)20-13-18(21)6-2/h9-12,18,20H,5-8,13-15H2,1-4H3. The summed E-state index contributed by atoms with van der Waals surface area (Å²) in [6, 6.07) is 9.61. The molecule has 1 aliphatic rings. The topological polar surface area (TPSA) is 15.3 Å². The van der Waals surface area contributed by atoms with Gasteiger partial charge in [-0.1, -0.05) is 52.0 Å². The van der Waals surface area contributed by atoms with Crippen LogP contribution in [0, 0.1) is 0 Å². The van der Waals surface area contributed by atoms with Crippen molar-refractivity contribution in [3.8, 4) is 0 Å². The van der Waals surface area contributed by atoms with Gasteiger partial charge < -0.3 is 5.32 Å². The molecule has 1 heterocycles. The minimum atomic E-state index is 0.312. The maximum atomic E-state index is 3.84. The van der Waals surface area contributed by atoms with Gasteiger partial charge in [0.15, 0.2) is 0 Å². The van der Waals surface area contributed by atoms with E-state index in [1.165, 1.54) is 36.9 Å². The molecule has 0 aliphatic carbocycles. The van der Waals surface area contributed by atoms with Gasteiger partial charge in [-0.25, -0.2) is 0 Å². The van der Waals surface area contributed by atoms with Crippen molar-refractivity contribution in [2.75, 3.05) is 13.1 Å². The Morgan fingerprint density at radius 3 is 2.33 bits per heavy atom. The Labute approximate surface area is 130 Å². The van der Waals surface area contributed by atoms with Crippen LogP contribution >= 0.6 is 0 Å². The first-order chi connectivity index (χ1) is 10.2. The molecular weight excluding hydrogens is 256 g/mol. The summed E-state index contributed by atoms with van der Waals surface area (Å²) in [6.45, 7) is 12.6. The van der Waals surface area contributed by atoms with E-state index in [0.717, 1.165) is 19.5 Å². The van der Waals surface area contributed by atoms with Crippen LogP contribution in [0.4, 0.5) is 0 Å². The van der Waals surface area contributed by atoms with Gasteiger partial charge in [0.05, 0.1) is 0 Å². The molecule has 1 N–H and O–H groups in total. The summed E-state index contributed by atoms with van der Waals surface area (Å²) < 4.78 is 0. The van der Waals surface area contributed by atoms with Gasteiger partial charge in [0, 0.05) is 31.2 Å². The minimum absolute atomic E-state index is 0.312. The van der Waals surface area contributed by atoms with Gasteiger partial charge in [0.2, 0.25) is 0 Å². The van der Waals surface area contributed by atoms with E-state index >= 15 is 0 Å². The second kappa shape index (κ2) is 7.42. The number of rotatable bonds is 6. The predicted octanol–water partition coefficient (Wildman–Crippen LogP) is 3.99. The molecule has 0 bridgehead atoms. The fourth-order valence-electron chi connectivity index (χ4n) is 3.62. The number of benzene rings is 1. The molecule has 21 heavy (non-hydrogen) atoms. The lowest BCUT2D eigenvalue weighted by molar-refractivity contribution is 0.0641. The fourth-order valence-corrected chi connectivity index (χ4v) is 3.62. The number of hydrogen-bond donors (Lipinski definition) is 1. The predicted molar refractivity (Wildman–Crippen MR) is 91.6 cm³/mol. The quantitative estimate of drug-likeness (QED) is 0.851. The highest BCUT2D eigenvalue weighted by atomic mass is 15.2. The Balaban J connectivity index is 2.17. The van der Waals surface area contributed by atoms with Crippen molar-refractivity contribution in [2.24, 2.45) is 0 Å². The summed E-state index contributed by atoms with van der Waals surface area (Å²) in [5.74, 6) is 0. The highest BCUT2D eigenvalue weighted by molar-refractivity contribution is 5.27. The first-order valence-electron chi connectivity index (χ1n) is 8.73. The summed E-state index contributed by atoms with van der Waals surface area (Å²) in [5, 5.41) is 3.84. The third kappa shape index (κ3) is 3.67. The Morgan fingerprint density at radius 1 is 1.10 bits per heavy atom. The van der Waals surface area contributed by atoms with Crippen LogP contribution in [0.2, 0.25) is 0 Å². The zero-order valence-electron chi connectivity index (χ0n) is 14.3. The number of piperazine rings is 1. The Kier molecular flexibility index (Phi) is 5.83. The zero-order chi connectivity index (χ0) is 15.3. The van der Waals surface area contributed by atoms with Crippen LogP contribution in [-0.2, 0) is 13.0 Å². The Hall–Kier alpha value is -0.860. The Bertz CT molecular complexity index is 437. The van der Waals surface area contributed by atoms with E-state index in [4.69, 9.17) is 0 Å². The molecule has 0 aromatic heterocycles. The monoisotopic (exact) mass is 288 g/mol. The van der Waals surface area contributed by atoms with Crippen molar-refractivity contribution in [1.29, 1.82) is 0 Å². The molecule has 1 fully saturated rings. The molecule has 2 nitrogen and oxygen atoms in total. The number of nitrogens with one attached hydrogen (secondary N) is 1. The molecule has 0 amide bonds. The van der Waals surface area contributed by atoms with Crippen molar-refractivity contribution < 1.29 is 0 Å². The van der Waals surface area contributed by atoms with Gasteiger partial charge >= 0.3 is 0 Å². The maximum Gasteiger partial charge on any atom is 0.0304 e. The number of aryl methyl sites for hydroxylation is 1. The van der Waals surface area contributed by atoms with Crippen LogP contribution in [-0.4, -0.2) is 29.6 Å². The Morgan fingerprint density at radius 2 is 1.76 bits per heavy atom. The van der Waals surface area contributed by atoms with Gasteiger partial charge in [-0.2, -0.15) is 0 Å². The zero-order valence-corrected chi connectivity index (χ0v) is 14.3. The number of nitrogens with zero attached hydrogens (tertiary/aromatic N) is 1. The van der Waals surface area contributed by atoms with Crippen molar-refractivity contribution >= 4 is 0 Å². The summed E-state index contributed by atoms with van der Waals surface area (Å²) in [4.78, 5) is 2.72. The molecule has 1 saturated heterocycles. The lowest BCUT2D eigenvalue weighted by atomic mass is 9.87. The molecule has 0 saturated carbocycles. The molecule has 1 unspecified atom stereocenters. The molecule has 2 heteroatoms. The molecule has 118 valence electrons. The summed E-state index contributed by atoms with van der Waals surface area (Å²) in [6.07, 6.45) is 4.79. The van der Waals surface area contributed by atoms with Gasteiger partial charge in [0.1, 0.15) is 0 Å². The van der Waals surface area contributed by atoms with E-state index in [9.17, 15) is 0 Å². The molecule has 2 rings (SSSR count). The second-order valence-corrected chi connectivity index (χ2v) is 6.46. The van der Waals surface area contributed by atoms with E-state index in [1.54, 1.807) is 0 Å². The maximum absolute atomic E-state index is 3.84. The largest absolute Gasteiger partial charge is 0.308 e. The molecule has 0 spiro atoms. The van der Waals surface area contributed by atoms with Gasteiger partial charge in [-0.15, -0.1) is 0 Å². The number of hydrogen-bond acceptors (Lipinski definition) is 2. The summed E-state index contributed by atoms with van der Waals surface area (Å²) >= 11 is 0. The van der Waals surface area contributed by atoms with Crippen LogP contribution in [0.5, 0.6) is 0 Å². The second-order valence-electron chi connectivity index (χ2n) is 6.46. The van der Waals surface area contributed by atoms with E-state index < -0.39 is 0 Å². The van der Waals surface area contributed by atoms with E-state index in [1.807, 2.05) is 0 Å². The molecule has 1 aromatic carbocycles. The SMILES string of the molecule is CCc1ccccc1CN1CC(CC)(CC)NCC1CC. The van der Waals surface area contributed by atoms with E-state index in [-0.39, 0.29) is 0 Å². The first kappa shape index (κ1) is 16.5. The van der Waals surface area contributed by atoms with Crippen molar-refractivity contribution in [2.45, 2.75) is 71.5 Å². The van der Waals surface area contributed by atoms with Crippen LogP contribution in [0.3, 0.4) is 0 Å². The average molecular weight is 288 g/mol. The molecule has 1 aliphatic heterocycles. The lowest BCUT2D eigenvalue weighted by Crippen LogP contribution is -2.63. The van der Waals surface area contributed by atoms with Crippen molar-refractivity contribution in [3.63, 3.8) is 0 Å². The minimum Gasteiger partial charge on any atom is -0.308 e. The highest BCUT2D eigenvalue weighted by Gasteiger charge is 2.35. The van der Waals surface area contributed by atoms with Crippen LogP contribution in [0.15, 0.2) is 24.3 Å². The fraction of sp³-hybridized carbons (Fsp3) is 0.684. The van der Waals surface area contributed by atoms with Gasteiger partial charge in [0.25, 0.3) is 0 Å². The summed E-state index contributed by atoms with van der Waals surface area (Å²) in [5.41, 5.74) is 3.33. The highest BCUT2D eigenvalue weighted by Crippen LogP contribution is 2.26. The van der Waals surface area contributed by atoms with E-state index in [0.29, 0.717) is 11.6 Å².